The molecule has 0 aromatic rings. The Labute approximate surface area is 91.7 Å². The number of hydrogen-bond donors (Lipinski definition) is 0. The summed E-state index contributed by atoms with van der Waals surface area (Å²) in [4.78, 5) is 22.8. The minimum atomic E-state index is 0.0586. The number of carbonyl (C=O) groups excluding carboxylic acids is 2. The molecule has 0 amide bonds. The highest BCUT2D eigenvalue weighted by atomic mass is 16.1. The van der Waals surface area contributed by atoms with Crippen molar-refractivity contribution in [3.63, 3.8) is 0 Å². The fourth-order valence-corrected chi connectivity index (χ4v) is 1.85. The van der Waals surface area contributed by atoms with Crippen LogP contribution in [0.5, 0.6) is 0 Å². The third-order valence-electron chi connectivity index (χ3n) is 2.95. The van der Waals surface area contributed by atoms with Crippen LogP contribution < -0.4 is 0 Å². The third kappa shape index (κ3) is 3.98. The molecule has 2 nitrogen and oxygen atoms in total. The Morgan fingerprint density at radius 1 is 1.47 bits per heavy atom. The molecule has 0 aliphatic heterocycles. The van der Waals surface area contributed by atoms with E-state index in [1.165, 1.54) is 0 Å². The molecule has 0 aromatic carbocycles. The number of ketones is 2. The van der Waals surface area contributed by atoms with E-state index >= 15 is 0 Å². The predicted octanol–water partition coefficient (Wildman–Crippen LogP) is 2.92. The van der Waals surface area contributed by atoms with Crippen molar-refractivity contribution in [1.29, 1.82) is 0 Å². The van der Waals surface area contributed by atoms with Gasteiger partial charge >= 0.3 is 0 Å². The molecular formula is C13H20O2. The van der Waals surface area contributed by atoms with Gasteiger partial charge < -0.3 is 0 Å². The Morgan fingerprint density at radius 2 is 2.20 bits per heavy atom. The van der Waals surface area contributed by atoms with Gasteiger partial charge in [-0.1, -0.05) is 26.3 Å². The molecule has 84 valence electrons. The maximum atomic E-state index is 11.5. The highest BCUT2D eigenvalue weighted by Gasteiger charge is 2.20. The molecule has 0 N–H and O–H groups in total. The van der Waals surface area contributed by atoms with Crippen LogP contribution in [0.25, 0.3) is 0 Å². The first-order chi connectivity index (χ1) is 7.11. The number of hydrogen-bond acceptors (Lipinski definition) is 2. The molecule has 0 aromatic heterocycles. The zero-order valence-electron chi connectivity index (χ0n) is 9.66. The summed E-state index contributed by atoms with van der Waals surface area (Å²) in [6.45, 7) is 3.77. The first kappa shape index (κ1) is 12.2. The van der Waals surface area contributed by atoms with Gasteiger partial charge in [0, 0.05) is 18.3 Å². The summed E-state index contributed by atoms with van der Waals surface area (Å²) in [6, 6.07) is 0. The van der Waals surface area contributed by atoms with Crippen molar-refractivity contribution in [3.05, 3.63) is 12.2 Å². The van der Waals surface area contributed by atoms with E-state index in [0.29, 0.717) is 5.78 Å². The lowest BCUT2D eigenvalue weighted by atomic mass is 9.85. The first-order valence-electron chi connectivity index (χ1n) is 5.84. The number of carbonyl (C=O) groups is 2. The molecule has 1 atom stereocenters. The molecule has 1 aliphatic carbocycles. The van der Waals surface area contributed by atoms with Gasteiger partial charge in [-0.05, 0) is 25.3 Å². The largest absolute Gasteiger partial charge is 0.299 e. The Kier molecular flexibility index (Phi) is 4.73. The second-order valence-corrected chi connectivity index (χ2v) is 4.60. The van der Waals surface area contributed by atoms with Crippen LogP contribution in [0.2, 0.25) is 0 Å². The quantitative estimate of drug-likeness (QED) is 0.666. The van der Waals surface area contributed by atoms with E-state index in [9.17, 15) is 9.59 Å². The van der Waals surface area contributed by atoms with E-state index in [0.717, 1.165) is 32.1 Å². The number of rotatable bonds is 4. The zero-order valence-corrected chi connectivity index (χ0v) is 9.66. The lowest BCUT2D eigenvalue weighted by Gasteiger charge is -2.18. The van der Waals surface area contributed by atoms with Crippen LogP contribution in [-0.4, -0.2) is 11.6 Å². The highest BCUT2D eigenvalue weighted by Crippen LogP contribution is 2.23. The predicted molar refractivity (Wildman–Crippen MR) is 60.6 cm³/mol. The van der Waals surface area contributed by atoms with Crippen molar-refractivity contribution in [2.75, 3.05) is 0 Å². The van der Waals surface area contributed by atoms with Crippen molar-refractivity contribution in [2.24, 2.45) is 11.8 Å². The van der Waals surface area contributed by atoms with Crippen molar-refractivity contribution in [1.82, 2.24) is 0 Å². The van der Waals surface area contributed by atoms with E-state index in [1.54, 1.807) is 6.08 Å². The smallest absolute Gasteiger partial charge is 0.157 e. The van der Waals surface area contributed by atoms with Gasteiger partial charge in [-0.15, -0.1) is 0 Å². The summed E-state index contributed by atoms with van der Waals surface area (Å²) >= 11 is 0. The second-order valence-electron chi connectivity index (χ2n) is 4.60. The maximum Gasteiger partial charge on any atom is 0.157 e. The summed E-state index contributed by atoms with van der Waals surface area (Å²) in [6.07, 6.45) is 8.18. The molecule has 0 bridgehead atoms. The Morgan fingerprint density at radius 3 is 2.80 bits per heavy atom. The van der Waals surface area contributed by atoms with Gasteiger partial charge in [-0.25, -0.2) is 0 Å². The van der Waals surface area contributed by atoms with Crippen LogP contribution in [0.3, 0.4) is 0 Å². The standard InChI is InChI=1S/C13H20O2/c1-10(2)12(14)9-5-7-11-6-3-4-8-13(11)15/h5,9-11H,3-4,6-8H2,1-2H3/b9-5+. The fraction of sp³-hybridized carbons (Fsp3) is 0.692. The first-order valence-corrected chi connectivity index (χ1v) is 5.84. The van der Waals surface area contributed by atoms with Gasteiger partial charge in [-0.2, -0.15) is 0 Å². The van der Waals surface area contributed by atoms with E-state index in [-0.39, 0.29) is 17.6 Å². The highest BCUT2D eigenvalue weighted by molar-refractivity contribution is 5.91. The van der Waals surface area contributed by atoms with Crippen LogP contribution in [0, 0.1) is 11.8 Å². The molecule has 15 heavy (non-hydrogen) atoms. The van der Waals surface area contributed by atoms with Crippen molar-refractivity contribution in [3.8, 4) is 0 Å². The second kappa shape index (κ2) is 5.84. The Bertz CT molecular complexity index is 264. The third-order valence-corrected chi connectivity index (χ3v) is 2.95. The van der Waals surface area contributed by atoms with Gasteiger partial charge in [0.25, 0.3) is 0 Å². The molecule has 2 heteroatoms. The van der Waals surface area contributed by atoms with Gasteiger partial charge in [0.05, 0.1) is 0 Å². The van der Waals surface area contributed by atoms with Crippen LogP contribution in [-0.2, 0) is 9.59 Å². The normalized spacial score (nSPS) is 22.6. The monoisotopic (exact) mass is 208 g/mol. The van der Waals surface area contributed by atoms with Crippen molar-refractivity contribution in [2.45, 2.75) is 46.0 Å². The fourth-order valence-electron chi connectivity index (χ4n) is 1.85. The molecular weight excluding hydrogens is 188 g/mol. The molecule has 1 aliphatic rings. The molecule has 0 spiro atoms. The number of Topliss-reactive ketones (excluding diaryl/α,β-unsaturated/α-hetero) is 1. The molecule has 1 rings (SSSR count). The van der Waals surface area contributed by atoms with Crippen LogP contribution >= 0.6 is 0 Å². The Hall–Kier alpha value is -0.920. The average Bonchev–Trinajstić information content (AvgIpc) is 2.20. The van der Waals surface area contributed by atoms with E-state index in [1.807, 2.05) is 19.9 Å². The summed E-state index contributed by atoms with van der Waals surface area (Å²) < 4.78 is 0. The lowest BCUT2D eigenvalue weighted by molar-refractivity contribution is -0.124. The Balaban J connectivity index is 2.35. The molecule has 1 unspecified atom stereocenters. The SMILES string of the molecule is CC(C)C(=O)/C=C/CC1CCCCC1=O. The van der Waals surface area contributed by atoms with E-state index in [4.69, 9.17) is 0 Å². The summed E-state index contributed by atoms with van der Waals surface area (Å²) in [7, 11) is 0. The zero-order chi connectivity index (χ0) is 11.3. The topological polar surface area (TPSA) is 34.1 Å². The molecule has 0 radical (unpaired) electrons. The van der Waals surface area contributed by atoms with E-state index in [2.05, 4.69) is 0 Å². The average molecular weight is 208 g/mol. The molecule has 0 heterocycles. The minimum absolute atomic E-state index is 0.0586. The van der Waals surface area contributed by atoms with Gasteiger partial charge in [-0.3, -0.25) is 9.59 Å². The van der Waals surface area contributed by atoms with Crippen molar-refractivity contribution < 1.29 is 9.59 Å². The van der Waals surface area contributed by atoms with Gasteiger partial charge in [0.2, 0.25) is 0 Å². The summed E-state index contributed by atoms with van der Waals surface area (Å²) in [5.41, 5.74) is 0. The van der Waals surface area contributed by atoms with E-state index < -0.39 is 0 Å². The molecule has 1 fully saturated rings. The van der Waals surface area contributed by atoms with Crippen LogP contribution in [0.1, 0.15) is 46.0 Å². The van der Waals surface area contributed by atoms with Crippen molar-refractivity contribution >= 4 is 11.6 Å². The summed E-state index contributed by atoms with van der Waals surface area (Å²) in [5.74, 6) is 0.763. The molecule has 0 saturated heterocycles. The maximum absolute atomic E-state index is 11.5. The summed E-state index contributed by atoms with van der Waals surface area (Å²) in [5, 5.41) is 0. The lowest BCUT2D eigenvalue weighted by Crippen LogP contribution is -2.18. The van der Waals surface area contributed by atoms with Gasteiger partial charge in [0.1, 0.15) is 5.78 Å². The number of allylic oxidation sites excluding steroid dienone is 2. The van der Waals surface area contributed by atoms with Gasteiger partial charge in [0.15, 0.2) is 5.78 Å². The molecule has 1 saturated carbocycles. The minimum Gasteiger partial charge on any atom is -0.299 e. The van der Waals surface area contributed by atoms with Crippen LogP contribution in [0.15, 0.2) is 12.2 Å². The van der Waals surface area contributed by atoms with Crippen LogP contribution in [0.4, 0.5) is 0 Å².